The maximum atomic E-state index is 11.3. The van der Waals surface area contributed by atoms with Crippen LogP contribution in [0.3, 0.4) is 0 Å². The second-order valence-corrected chi connectivity index (χ2v) is 4.92. The van der Waals surface area contributed by atoms with Gasteiger partial charge in [0.05, 0.1) is 11.2 Å². The van der Waals surface area contributed by atoms with E-state index < -0.39 is 0 Å². The molecule has 0 amide bonds. The number of pyridine rings is 1. The van der Waals surface area contributed by atoms with Gasteiger partial charge in [-0.1, -0.05) is 24.3 Å². The normalized spacial score (nSPS) is 12.4. The summed E-state index contributed by atoms with van der Waals surface area (Å²) in [6.45, 7) is 0. The van der Waals surface area contributed by atoms with E-state index in [0.29, 0.717) is 5.70 Å². The minimum absolute atomic E-state index is 0. The van der Waals surface area contributed by atoms with Crippen LogP contribution in [0, 0.1) is 0 Å². The number of benzene rings is 1. The molecular formula is C19H16N2Na2O2. The van der Waals surface area contributed by atoms with Crippen LogP contribution >= 0.6 is 0 Å². The van der Waals surface area contributed by atoms with E-state index in [2.05, 4.69) is 17.1 Å². The zero-order chi connectivity index (χ0) is 16.1. The van der Waals surface area contributed by atoms with Gasteiger partial charge in [0.2, 0.25) is 5.78 Å². The van der Waals surface area contributed by atoms with Crippen molar-refractivity contribution in [2.45, 2.75) is 0 Å². The number of aromatic nitrogens is 2. The minimum atomic E-state index is -0.150. The Hall–Kier alpha value is -1.27. The van der Waals surface area contributed by atoms with Crippen LogP contribution in [-0.2, 0) is 9.59 Å². The Labute approximate surface area is 190 Å². The Bertz CT molecular complexity index is 851. The Kier molecular flexibility index (Phi) is 9.28. The molecule has 1 aliphatic rings. The van der Waals surface area contributed by atoms with Gasteiger partial charge < -0.3 is 4.57 Å². The molecule has 2 heterocycles. The number of allylic oxidation sites excluding steroid dienone is 4. The Balaban J connectivity index is 0.000000237. The van der Waals surface area contributed by atoms with Crippen molar-refractivity contribution >= 4 is 87.3 Å². The van der Waals surface area contributed by atoms with Gasteiger partial charge in [-0.05, 0) is 36.4 Å². The summed E-state index contributed by atoms with van der Waals surface area (Å²) in [5.41, 5.74) is 1.46. The predicted octanol–water partition coefficient (Wildman–Crippen LogP) is 1.97. The fraction of sp³-hybridized carbons (Fsp3) is 0. The number of nitrogens with zero attached hydrogens (tertiary/aromatic N) is 2. The third kappa shape index (κ3) is 5.89. The molecule has 4 rings (SSSR count). The molecule has 6 heteroatoms. The van der Waals surface area contributed by atoms with Gasteiger partial charge in [-0.3, -0.25) is 14.6 Å². The molecule has 0 saturated heterocycles. The topological polar surface area (TPSA) is 52.0 Å². The zero-order valence-electron chi connectivity index (χ0n) is 12.3. The Morgan fingerprint density at radius 2 is 1.48 bits per heavy atom. The molecule has 0 aliphatic heterocycles. The molecule has 0 spiro atoms. The van der Waals surface area contributed by atoms with E-state index in [1.54, 1.807) is 29.1 Å². The van der Waals surface area contributed by atoms with Crippen LogP contribution in [0.1, 0.15) is 0 Å². The molecule has 0 radical (unpaired) electrons. The third-order valence-electron chi connectivity index (χ3n) is 3.33. The van der Waals surface area contributed by atoms with Crippen LogP contribution in [-0.4, -0.2) is 80.2 Å². The Morgan fingerprint density at radius 3 is 2.20 bits per heavy atom. The zero-order valence-corrected chi connectivity index (χ0v) is 12.3. The summed E-state index contributed by atoms with van der Waals surface area (Å²) in [5.74, 6) is -0.292. The van der Waals surface area contributed by atoms with Gasteiger partial charge in [0.25, 0.3) is 0 Å². The summed E-state index contributed by atoms with van der Waals surface area (Å²) >= 11 is 0. The van der Waals surface area contributed by atoms with Crippen molar-refractivity contribution in [3.05, 3.63) is 85.3 Å². The van der Waals surface area contributed by atoms with Crippen LogP contribution in [0.5, 0.6) is 0 Å². The SMILES string of the molecule is O=C1C=CC(=O)C(n2cccc2)=C1.[NaH].[NaH].c1ccc2ncccc2c1. The maximum absolute atomic E-state index is 11.3. The van der Waals surface area contributed by atoms with Crippen LogP contribution in [0.25, 0.3) is 16.6 Å². The van der Waals surface area contributed by atoms with Crippen molar-refractivity contribution in [1.29, 1.82) is 0 Å². The predicted molar refractivity (Wildman–Crippen MR) is 104 cm³/mol. The van der Waals surface area contributed by atoms with Crippen molar-refractivity contribution in [3.8, 4) is 0 Å². The van der Waals surface area contributed by atoms with Crippen molar-refractivity contribution in [3.63, 3.8) is 0 Å². The van der Waals surface area contributed by atoms with E-state index >= 15 is 0 Å². The first-order chi connectivity index (χ1) is 11.2. The molecule has 0 saturated carbocycles. The number of ketones is 2. The summed E-state index contributed by atoms with van der Waals surface area (Å²) in [7, 11) is 0. The second kappa shape index (κ2) is 10.7. The summed E-state index contributed by atoms with van der Waals surface area (Å²) in [4.78, 5) is 26.5. The van der Waals surface area contributed by atoms with Gasteiger partial charge >= 0.3 is 59.1 Å². The van der Waals surface area contributed by atoms with E-state index in [1.807, 2.05) is 30.5 Å². The number of carbonyl (C=O) groups is 2. The molecular weight excluding hydrogens is 334 g/mol. The summed E-state index contributed by atoms with van der Waals surface area (Å²) in [6, 6.07) is 15.7. The molecule has 0 atom stereocenters. The number of fused-ring (bicyclic) bond motifs is 1. The van der Waals surface area contributed by atoms with Crippen LogP contribution in [0.15, 0.2) is 85.3 Å². The number of carbonyl (C=O) groups excluding carboxylic acids is 2. The van der Waals surface area contributed by atoms with Crippen LogP contribution in [0.4, 0.5) is 0 Å². The fourth-order valence-corrected chi connectivity index (χ4v) is 2.21. The summed E-state index contributed by atoms with van der Waals surface area (Å²) < 4.78 is 1.63. The number of para-hydroxylation sites is 1. The number of hydrogen-bond donors (Lipinski definition) is 0. The van der Waals surface area contributed by atoms with Gasteiger partial charge in [0, 0.05) is 30.1 Å². The molecule has 1 aromatic carbocycles. The minimum Gasteiger partial charge on any atom is -0.256 e. The monoisotopic (exact) mass is 350 g/mol. The van der Waals surface area contributed by atoms with E-state index in [9.17, 15) is 9.59 Å². The summed E-state index contributed by atoms with van der Waals surface area (Å²) in [6.07, 6.45) is 9.17. The standard InChI is InChI=1S/C10H7NO2.C9H7N.2Na.2H/c12-8-3-4-10(13)9(7-8)11-5-1-2-6-11;1-2-6-9-8(4-1)5-3-7-10-9;;;;/h1-7H;1-7H;;;;. The molecule has 0 N–H and O–H groups in total. The van der Waals surface area contributed by atoms with Crippen molar-refractivity contribution in [2.24, 2.45) is 0 Å². The van der Waals surface area contributed by atoms with E-state index in [0.717, 1.165) is 5.52 Å². The number of hydrogen-bond acceptors (Lipinski definition) is 3. The molecule has 25 heavy (non-hydrogen) atoms. The third-order valence-corrected chi connectivity index (χ3v) is 3.33. The van der Waals surface area contributed by atoms with Crippen molar-refractivity contribution in [1.82, 2.24) is 9.55 Å². The van der Waals surface area contributed by atoms with E-state index in [4.69, 9.17) is 0 Å². The smallest absolute Gasteiger partial charge is 0.0701 e. The van der Waals surface area contributed by atoms with Gasteiger partial charge in [-0.15, -0.1) is 0 Å². The van der Waals surface area contributed by atoms with Gasteiger partial charge in [-0.25, -0.2) is 0 Å². The molecule has 1 aliphatic carbocycles. The van der Waals surface area contributed by atoms with Crippen LogP contribution < -0.4 is 0 Å². The van der Waals surface area contributed by atoms with Crippen LogP contribution in [0.2, 0.25) is 0 Å². The number of rotatable bonds is 1. The van der Waals surface area contributed by atoms with E-state index in [1.165, 1.54) is 23.6 Å². The average molecular weight is 350 g/mol. The molecule has 2 aromatic heterocycles. The molecule has 0 bridgehead atoms. The first kappa shape index (κ1) is 21.8. The van der Waals surface area contributed by atoms with E-state index in [-0.39, 0.29) is 70.7 Å². The molecule has 0 fully saturated rings. The van der Waals surface area contributed by atoms with Gasteiger partial charge in [-0.2, -0.15) is 0 Å². The summed E-state index contributed by atoms with van der Waals surface area (Å²) in [5, 5.41) is 1.20. The second-order valence-electron chi connectivity index (χ2n) is 4.92. The van der Waals surface area contributed by atoms with Crippen molar-refractivity contribution < 1.29 is 9.59 Å². The largest absolute Gasteiger partial charge is 0.256 e. The molecule has 116 valence electrons. The first-order valence-corrected chi connectivity index (χ1v) is 7.15. The fourth-order valence-electron chi connectivity index (χ4n) is 2.21. The van der Waals surface area contributed by atoms with Crippen molar-refractivity contribution in [2.75, 3.05) is 0 Å². The molecule has 0 unspecified atom stereocenters. The molecule has 4 nitrogen and oxygen atoms in total. The van der Waals surface area contributed by atoms with Gasteiger partial charge in [0.15, 0.2) is 5.78 Å². The Morgan fingerprint density at radius 1 is 0.800 bits per heavy atom. The maximum Gasteiger partial charge on any atom is 0.0701 e. The van der Waals surface area contributed by atoms with Gasteiger partial charge in [0.1, 0.15) is 0 Å². The first-order valence-electron chi connectivity index (χ1n) is 7.15. The average Bonchev–Trinajstić information content (AvgIpc) is 3.12. The quantitative estimate of drug-likeness (QED) is 0.498. The molecule has 3 aromatic rings.